The van der Waals surface area contributed by atoms with Crippen LogP contribution in [0.15, 0.2) is 11.4 Å². The van der Waals surface area contributed by atoms with Gasteiger partial charge in [-0.1, -0.05) is 0 Å². The molecule has 1 aromatic rings. The van der Waals surface area contributed by atoms with Gasteiger partial charge in [0, 0.05) is 18.0 Å². The van der Waals surface area contributed by atoms with Crippen molar-refractivity contribution in [2.75, 3.05) is 13.1 Å². The minimum atomic E-state index is -0.404. The molecule has 1 aromatic heterocycles. The molecule has 0 aliphatic carbocycles. The van der Waals surface area contributed by atoms with Crippen molar-refractivity contribution in [3.63, 3.8) is 0 Å². The van der Waals surface area contributed by atoms with Crippen LogP contribution in [0.25, 0.3) is 0 Å². The lowest BCUT2D eigenvalue weighted by Gasteiger charge is -2.33. The molecule has 1 saturated heterocycles. The molecule has 106 valence electrons. The Labute approximate surface area is 119 Å². The summed E-state index contributed by atoms with van der Waals surface area (Å²) in [5.74, 6) is 0.609. The summed E-state index contributed by atoms with van der Waals surface area (Å²) < 4.78 is 5.41. The van der Waals surface area contributed by atoms with E-state index in [2.05, 4.69) is 18.4 Å². The second-order valence-corrected chi connectivity index (χ2v) is 7.21. The summed E-state index contributed by atoms with van der Waals surface area (Å²) >= 11 is 1.84. The van der Waals surface area contributed by atoms with Crippen molar-refractivity contribution in [1.82, 2.24) is 4.90 Å². The monoisotopic (exact) mass is 281 g/mol. The fourth-order valence-corrected chi connectivity index (χ4v) is 3.41. The molecule has 2 rings (SSSR count). The van der Waals surface area contributed by atoms with E-state index in [4.69, 9.17) is 4.74 Å². The zero-order valence-electron chi connectivity index (χ0n) is 12.2. The summed E-state index contributed by atoms with van der Waals surface area (Å²) in [7, 11) is 0. The smallest absolute Gasteiger partial charge is 0.410 e. The van der Waals surface area contributed by atoms with Gasteiger partial charge in [0.05, 0.1) is 0 Å². The van der Waals surface area contributed by atoms with Crippen molar-refractivity contribution in [3.05, 3.63) is 21.9 Å². The predicted octanol–water partition coefficient (Wildman–Crippen LogP) is 4.17. The third-order valence-corrected chi connectivity index (χ3v) is 4.51. The molecule has 1 aliphatic heterocycles. The standard InChI is InChI=1S/C15H23NO2S/c1-11-9-13(19-10-11)12-5-7-16(8-6-12)14(17)18-15(2,3)4/h9-10,12H,5-8H2,1-4H3. The van der Waals surface area contributed by atoms with E-state index in [0.717, 1.165) is 25.9 Å². The highest BCUT2D eigenvalue weighted by atomic mass is 32.1. The van der Waals surface area contributed by atoms with Gasteiger partial charge in [0.25, 0.3) is 0 Å². The molecular weight excluding hydrogens is 258 g/mol. The van der Waals surface area contributed by atoms with E-state index in [9.17, 15) is 4.79 Å². The van der Waals surface area contributed by atoms with Gasteiger partial charge in [-0.15, -0.1) is 11.3 Å². The second-order valence-electron chi connectivity index (χ2n) is 6.27. The Hall–Kier alpha value is -1.03. The van der Waals surface area contributed by atoms with Gasteiger partial charge in [0.2, 0.25) is 0 Å². The highest BCUT2D eigenvalue weighted by molar-refractivity contribution is 7.10. The van der Waals surface area contributed by atoms with Gasteiger partial charge in [-0.25, -0.2) is 4.79 Å². The maximum Gasteiger partial charge on any atom is 0.410 e. The number of ether oxygens (including phenoxy) is 1. The number of carbonyl (C=O) groups is 1. The molecule has 0 bridgehead atoms. The number of amides is 1. The van der Waals surface area contributed by atoms with Crippen molar-refractivity contribution in [1.29, 1.82) is 0 Å². The first-order valence-electron chi connectivity index (χ1n) is 6.88. The van der Waals surface area contributed by atoms with Gasteiger partial charge in [-0.3, -0.25) is 0 Å². The van der Waals surface area contributed by atoms with Crippen molar-refractivity contribution < 1.29 is 9.53 Å². The van der Waals surface area contributed by atoms with Crippen LogP contribution in [0.5, 0.6) is 0 Å². The normalized spacial score (nSPS) is 17.6. The quantitative estimate of drug-likeness (QED) is 0.773. The summed E-state index contributed by atoms with van der Waals surface area (Å²) in [5, 5.41) is 2.20. The Morgan fingerprint density at radius 2 is 2.00 bits per heavy atom. The zero-order valence-corrected chi connectivity index (χ0v) is 13.0. The molecule has 19 heavy (non-hydrogen) atoms. The van der Waals surface area contributed by atoms with Gasteiger partial charge < -0.3 is 9.64 Å². The summed E-state index contributed by atoms with van der Waals surface area (Å²) in [6.45, 7) is 9.47. The van der Waals surface area contributed by atoms with E-state index in [1.807, 2.05) is 37.0 Å². The van der Waals surface area contributed by atoms with Crippen LogP contribution in [0.2, 0.25) is 0 Å². The number of rotatable bonds is 1. The summed E-state index contributed by atoms with van der Waals surface area (Å²) in [6, 6.07) is 2.28. The Balaban J connectivity index is 1.87. The van der Waals surface area contributed by atoms with Crippen LogP contribution in [0.3, 0.4) is 0 Å². The van der Waals surface area contributed by atoms with Crippen molar-refractivity contribution in [2.24, 2.45) is 0 Å². The number of hydrogen-bond acceptors (Lipinski definition) is 3. The highest BCUT2D eigenvalue weighted by Crippen LogP contribution is 2.32. The molecule has 0 atom stereocenters. The zero-order chi connectivity index (χ0) is 14.0. The number of carbonyl (C=O) groups excluding carboxylic acids is 1. The minimum absolute atomic E-state index is 0.173. The van der Waals surface area contributed by atoms with Gasteiger partial charge in [0.1, 0.15) is 5.60 Å². The van der Waals surface area contributed by atoms with Crippen molar-refractivity contribution in [2.45, 2.75) is 52.1 Å². The predicted molar refractivity (Wildman–Crippen MR) is 78.8 cm³/mol. The lowest BCUT2D eigenvalue weighted by molar-refractivity contribution is 0.0205. The van der Waals surface area contributed by atoms with E-state index in [1.54, 1.807) is 0 Å². The SMILES string of the molecule is Cc1csc(C2CCN(C(=O)OC(C)(C)C)CC2)c1. The Bertz CT molecular complexity index is 439. The van der Waals surface area contributed by atoms with Crippen LogP contribution in [-0.4, -0.2) is 29.7 Å². The fraction of sp³-hybridized carbons (Fsp3) is 0.667. The average Bonchev–Trinajstić information content (AvgIpc) is 2.74. The lowest BCUT2D eigenvalue weighted by Crippen LogP contribution is -2.41. The number of piperidine rings is 1. The van der Waals surface area contributed by atoms with Gasteiger partial charge in [0.15, 0.2) is 0 Å². The number of nitrogens with zero attached hydrogens (tertiary/aromatic N) is 1. The molecule has 3 nitrogen and oxygen atoms in total. The molecule has 1 amide bonds. The van der Waals surface area contributed by atoms with E-state index in [0.29, 0.717) is 5.92 Å². The van der Waals surface area contributed by atoms with Gasteiger partial charge in [-0.05, 0) is 63.5 Å². The maximum absolute atomic E-state index is 12.0. The average molecular weight is 281 g/mol. The van der Waals surface area contributed by atoms with Crippen molar-refractivity contribution in [3.8, 4) is 0 Å². The van der Waals surface area contributed by atoms with Crippen LogP contribution >= 0.6 is 11.3 Å². The van der Waals surface area contributed by atoms with E-state index >= 15 is 0 Å². The molecule has 2 heterocycles. The molecular formula is C15H23NO2S. The van der Waals surface area contributed by atoms with E-state index in [-0.39, 0.29) is 6.09 Å². The van der Waals surface area contributed by atoms with Crippen LogP contribution < -0.4 is 0 Å². The summed E-state index contributed by atoms with van der Waals surface area (Å²) in [4.78, 5) is 15.3. The summed E-state index contributed by atoms with van der Waals surface area (Å²) in [5.41, 5.74) is 0.938. The largest absolute Gasteiger partial charge is 0.444 e. The molecule has 0 aromatic carbocycles. The first-order chi connectivity index (χ1) is 8.85. The fourth-order valence-electron chi connectivity index (χ4n) is 2.34. The molecule has 0 saturated carbocycles. The van der Waals surface area contributed by atoms with Crippen LogP contribution in [-0.2, 0) is 4.74 Å². The Kier molecular flexibility index (Phi) is 4.19. The molecule has 0 radical (unpaired) electrons. The first-order valence-corrected chi connectivity index (χ1v) is 7.76. The highest BCUT2D eigenvalue weighted by Gasteiger charge is 2.27. The third kappa shape index (κ3) is 3.96. The Morgan fingerprint density at radius 1 is 1.37 bits per heavy atom. The van der Waals surface area contributed by atoms with Crippen LogP contribution in [0, 0.1) is 6.92 Å². The topological polar surface area (TPSA) is 29.5 Å². The second kappa shape index (κ2) is 5.53. The first kappa shape index (κ1) is 14.4. The Morgan fingerprint density at radius 3 is 2.47 bits per heavy atom. The minimum Gasteiger partial charge on any atom is -0.444 e. The third-order valence-electron chi connectivity index (χ3n) is 3.30. The van der Waals surface area contributed by atoms with Gasteiger partial charge in [-0.2, -0.15) is 0 Å². The molecule has 1 fully saturated rings. The molecule has 0 spiro atoms. The van der Waals surface area contributed by atoms with E-state index < -0.39 is 5.60 Å². The number of aryl methyl sites for hydroxylation is 1. The number of hydrogen-bond donors (Lipinski definition) is 0. The molecule has 4 heteroatoms. The lowest BCUT2D eigenvalue weighted by atomic mass is 9.95. The van der Waals surface area contributed by atoms with Crippen molar-refractivity contribution >= 4 is 17.4 Å². The van der Waals surface area contributed by atoms with Crippen LogP contribution in [0.4, 0.5) is 4.79 Å². The number of thiophene rings is 1. The number of likely N-dealkylation sites (tertiary alicyclic amines) is 1. The maximum atomic E-state index is 12.0. The van der Waals surface area contributed by atoms with E-state index in [1.165, 1.54) is 10.4 Å². The van der Waals surface area contributed by atoms with Crippen LogP contribution in [0.1, 0.15) is 50.0 Å². The van der Waals surface area contributed by atoms with Gasteiger partial charge >= 0.3 is 6.09 Å². The summed E-state index contributed by atoms with van der Waals surface area (Å²) in [6.07, 6.45) is 1.91. The molecule has 0 N–H and O–H groups in total. The molecule has 1 aliphatic rings. The molecule has 0 unspecified atom stereocenters.